The molecule has 9 nitrogen and oxygen atoms in total. The second kappa shape index (κ2) is 10.4. The highest BCUT2D eigenvalue weighted by Gasteiger charge is 2.38. The van der Waals surface area contributed by atoms with E-state index in [-0.39, 0.29) is 11.4 Å². The predicted octanol–water partition coefficient (Wildman–Crippen LogP) is 4.53. The van der Waals surface area contributed by atoms with E-state index >= 15 is 0 Å². The Hall–Kier alpha value is -3.67. The van der Waals surface area contributed by atoms with Gasteiger partial charge in [0.2, 0.25) is 11.8 Å². The Morgan fingerprint density at radius 3 is 2.57 bits per heavy atom. The molecule has 4 heterocycles. The number of aryl methyl sites for hydroxylation is 1. The molecule has 196 valence electrons. The van der Waals surface area contributed by atoms with Crippen molar-refractivity contribution < 1.29 is 22.4 Å². The molecule has 37 heavy (non-hydrogen) atoms. The van der Waals surface area contributed by atoms with Crippen molar-refractivity contribution in [3.05, 3.63) is 48.2 Å². The lowest BCUT2D eigenvalue weighted by molar-refractivity contribution is -0.159. The van der Waals surface area contributed by atoms with Crippen LogP contribution in [0.4, 0.5) is 19.1 Å². The zero-order chi connectivity index (χ0) is 26.0. The maximum Gasteiger partial charge on any atom is 0.471 e. The molecule has 5 rings (SSSR count). The van der Waals surface area contributed by atoms with Gasteiger partial charge in [0.15, 0.2) is 0 Å². The van der Waals surface area contributed by atoms with E-state index in [1.165, 1.54) is 28.9 Å². The van der Waals surface area contributed by atoms with Gasteiger partial charge in [-0.1, -0.05) is 5.16 Å². The quantitative estimate of drug-likeness (QED) is 0.366. The van der Waals surface area contributed by atoms with Gasteiger partial charge in [0.1, 0.15) is 5.75 Å². The molecule has 0 unspecified atom stereocenters. The minimum absolute atomic E-state index is 0.190. The Kier molecular flexibility index (Phi) is 7.00. The summed E-state index contributed by atoms with van der Waals surface area (Å²) >= 11 is 0. The number of anilines is 1. The molecule has 0 atom stereocenters. The Bertz CT molecular complexity index is 1340. The van der Waals surface area contributed by atoms with Crippen LogP contribution in [0.25, 0.3) is 22.3 Å². The van der Waals surface area contributed by atoms with Gasteiger partial charge in [-0.2, -0.15) is 18.2 Å². The summed E-state index contributed by atoms with van der Waals surface area (Å²) in [6, 6.07) is 6.20. The Morgan fingerprint density at radius 1 is 1.16 bits per heavy atom. The first kappa shape index (κ1) is 25.0. The zero-order valence-corrected chi connectivity index (χ0v) is 20.6. The number of benzene rings is 1. The molecule has 0 spiro atoms. The van der Waals surface area contributed by atoms with Crippen molar-refractivity contribution in [3.63, 3.8) is 0 Å². The average Bonchev–Trinajstić information content (AvgIpc) is 3.55. The van der Waals surface area contributed by atoms with Gasteiger partial charge in [0.25, 0.3) is 0 Å². The molecule has 0 radical (unpaired) electrons. The van der Waals surface area contributed by atoms with Gasteiger partial charge in [-0.25, -0.2) is 9.97 Å². The van der Waals surface area contributed by atoms with Gasteiger partial charge in [0.05, 0.1) is 18.2 Å². The molecular formula is C25H28F3N7O2. The third-order valence-electron chi connectivity index (χ3n) is 6.72. The van der Waals surface area contributed by atoms with Gasteiger partial charge in [-0.3, -0.25) is 0 Å². The normalized spacial score (nSPS) is 15.0. The molecule has 0 bridgehead atoms. The number of hydrogen-bond acceptors (Lipinski definition) is 8. The van der Waals surface area contributed by atoms with E-state index in [4.69, 9.17) is 4.74 Å². The second-order valence-electron chi connectivity index (χ2n) is 9.08. The Balaban J connectivity index is 1.13. The molecule has 0 aliphatic carbocycles. The first-order valence-electron chi connectivity index (χ1n) is 12.2. The highest BCUT2D eigenvalue weighted by Crippen LogP contribution is 2.30. The lowest BCUT2D eigenvalue weighted by Crippen LogP contribution is -2.38. The van der Waals surface area contributed by atoms with Crippen molar-refractivity contribution in [2.24, 2.45) is 5.92 Å². The van der Waals surface area contributed by atoms with E-state index in [0.29, 0.717) is 11.9 Å². The zero-order valence-electron chi connectivity index (χ0n) is 20.6. The number of aromatic nitrogens is 5. The summed E-state index contributed by atoms with van der Waals surface area (Å²) in [5.41, 5.74) is 2.72. The van der Waals surface area contributed by atoms with Crippen LogP contribution in [-0.2, 0) is 19.3 Å². The van der Waals surface area contributed by atoms with Crippen LogP contribution < -0.4 is 15.0 Å². The van der Waals surface area contributed by atoms with Gasteiger partial charge < -0.3 is 24.0 Å². The molecule has 12 heteroatoms. The maximum atomic E-state index is 12.7. The summed E-state index contributed by atoms with van der Waals surface area (Å²) in [5, 5.41) is 8.23. The molecule has 1 aliphatic rings. The van der Waals surface area contributed by atoms with Gasteiger partial charge in [0, 0.05) is 56.2 Å². The summed E-state index contributed by atoms with van der Waals surface area (Å²) in [5.74, 6) is 0.354. The van der Waals surface area contributed by atoms with E-state index in [2.05, 4.69) is 64.7 Å². The minimum atomic E-state index is -4.69. The fraction of sp³-hybridized carbons (Fsp3) is 0.440. The molecule has 0 amide bonds. The first-order valence-corrected chi connectivity index (χ1v) is 12.2. The van der Waals surface area contributed by atoms with E-state index in [1.807, 2.05) is 6.07 Å². The minimum Gasteiger partial charge on any atom is -0.497 e. The first-order chi connectivity index (χ1) is 17.9. The number of ether oxygens (including phenoxy) is 1. The molecular weight excluding hydrogens is 487 g/mol. The van der Waals surface area contributed by atoms with Crippen LogP contribution in [0.1, 0.15) is 31.2 Å². The molecule has 1 N–H and O–H groups in total. The van der Waals surface area contributed by atoms with Crippen LogP contribution in [0, 0.1) is 5.92 Å². The molecule has 4 aromatic rings. The third kappa shape index (κ3) is 5.38. The average molecular weight is 516 g/mol. The molecule has 1 aliphatic heterocycles. The molecule has 3 aromatic heterocycles. The predicted molar refractivity (Wildman–Crippen MR) is 131 cm³/mol. The number of fused-ring (bicyclic) bond motifs is 1. The number of rotatable bonds is 8. The van der Waals surface area contributed by atoms with E-state index in [9.17, 15) is 13.2 Å². The molecule has 1 saturated heterocycles. The highest BCUT2D eigenvalue weighted by atomic mass is 19.4. The highest BCUT2D eigenvalue weighted by molar-refractivity contribution is 5.85. The summed E-state index contributed by atoms with van der Waals surface area (Å²) in [7, 11) is 1.68. The van der Waals surface area contributed by atoms with Crippen LogP contribution in [0.2, 0.25) is 0 Å². The van der Waals surface area contributed by atoms with Crippen molar-refractivity contribution in [1.29, 1.82) is 0 Å². The van der Waals surface area contributed by atoms with Crippen LogP contribution in [0.5, 0.6) is 5.75 Å². The molecule has 1 aromatic carbocycles. The van der Waals surface area contributed by atoms with E-state index in [0.717, 1.165) is 51.3 Å². The number of nitrogens with zero attached hydrogens (tertiary/aromatic N) is 6. The van der Waals surface area contributed by atoms with Crippen LogP contribution in [0.3, 0.4) is 0 Å². The van der Waals surface area contributed by atoms with Crippen molar-refractivity contribution >= 4 is 16.9 Å². The summed E-state index contributed by atoms with van der Waals surface area (Å²) in [4.78, 5) is 14.1. The summed E-state index contributed by atoms with van der Waals surface area (Å²) in [6.07, 6.45) is 2.34. The number of halogens is 3. The van der Waals surface area contributed by atoms with Gasteiger partial charge >= 0.3 is 12.1 Å². The van der Waals surface area contributed by atoms with E-state index < -0.39 is 12.1 Å². The standard InChI is InChI=1S/C25H28F3N7O2/c1-3-34-15-18(20-5-4-19(36-2)10-21(20)34)12-29-11-16-6-8-35(9-7-16)24-30-13-17(14-31-24)22-32-23(37-33-22)25(26,27)28/h4-5,10,13-16,29H,3,6-9,11-12H2,1-2H3. The fourth-order valence-electron chi connectivity index (χ4n) is 4.68. The topological polar surface area (TPSA) is 94.1 Å². The van der Waals surface area contributed by atoms with E-state index in [1.54, 1.807) is 7.11 Å². The molecule has 1 fully saturated rings. The monoisotopic (exact) mass is 515 g/mol. The van der Waals surface area contributed by atoms with Crippen molar-refractivity contribution in [1.82, 2.24) is 30.0 Å². The number of methoxy groups -OCH3 is 1. The molecule has 0 saturated carbocycles. The number of piperidine rings is 1. The SMILES string of the molecule is CCn1cc(CNCC2CCN(c3ncc(-c4noc(C(F)(F)F)n4)cn3)CC2)c2ccc(OC)cc21. The van der Waals surface area contributed by atoms with Gasteiger partial charge in [-0.05, 0) is 49.9 Å². The Morgan fingerprint density at radius 2 is 1.92 bits per heavy atom. The van der Waals surface area contributed by atoms with Crippen molar-refractivity contribution in [3.8, 4) is 17.1 Å². The summed E-state index contributed by atoms with van der Waals surface area (Å²) < 4.78 is 49.9. The van der Waals surface area contributed by atoms with Gasteiger partial charge in [-0.15, -0.1) is 0 Å². The summed E-state index contributed by atoms with van der Waals surface area (Å²) in [6.45, 7) is 6.36. The number of nitrogens with one attached hydrogen (secondary N) is 1. The fourth-order valence-corrected chi connectivity index (χ4v) is 4.68. The second-order valence-corrected chi connectivity index (χ2v) is 9.08. The largest absolute Gasteiger partial charge is 0.497 e. The Labute approximate surface area is 211 Å². The smallest absolute Gasteiger partial charge is 0.471 e. The maximum absolute atomic E-state index is 12.7. The number of alkyl halides is 3. The van der Waals surface area contributed by atoms with Crippen LogP contribution >= 0.6 is 0 Å². The van der Waals surface area contributed by atoms with Crippen molar-refractivity contribution in [2.75, 3.05) is 31.6 Å². The lowest BCUT2D eigenvalue weighted by atomic mass is 9.97. The number of hydrogen-bond donors (Lipinski definition) is 1. The lowest BCUT2D eigenvalue weighted by Gasteiger charge is -2.32. The van der Waals surface area contributed by atoms with Crippen molar-refractivity contribution in [2.45, 2.75) is 39.0 Å². The third-order valence-corrected chi connectivity index (χ3v) is 6.72. The van der Waals surface area contributed by atoms with Crippen LogP contribution in [-0.4, -0.2) is 51.4 Å². The van der Waals surface area contributed by atoms with Crippen LogP contribution in [0.15, 0.2) is 41.3 Å².